The number of nitrogens with one attached hydrogen (secondary N) is 1. The van der Waals surface area contributed by atoms with Gasteiger partial charge >= 0.3 is 0 Å². The molecule has 21 heavy (non-hydrogen) atoms. The topological polar surface area (TPSA) is 52.9 Å². The van der Waals surface area contributed by atoms with Gasteiger partial charge in [0.15, 0.2) is 0 Å². The van der Waals surface area contributed by atoms with Crippen molar-refractivity contribution in [1.82, 2.24) is 5.32 Å². The fourth-order valence-electron chi connectivity index (χ4n) is 3.62. The zero-order chi connectivity index (χ0) is 14.7. The number of rotatable bonds is 3. The molecule has 0 aliphatic heterocycles. The average molecular weight is 282 g/mol. The van der Waals surface area contributed by atoms with Crippen LogP contribution in [-0.2, 0) is 4.79 Å². The van der Waals surface area contributed by atoms with Gasteiger partial charge < -0.3 is 5.32 Å². The highest BCUT2D eigenvalue weighted by Gasteiger charge is 2.43. The van der Waals surface area contributed by atoms with E-state index in [0.29, 0.717) is 5.92 Å². The lowest BCUT2D eigenvalue weighted by Crippen LogP contribution is -2.51. The minimum Gasteiger partial charge on any atom is -0.351 e. The molecule has 0 aromatic heterocycles. The molecule has 0 radical (unpaired) electrons. The Bertz CT molecular complexity index is 540. The molecule has 1 N–H and O–H groups in total. The predicted octanol–water partition coefficient (Wildman–Crippen LogP) is 3.52. The molecule has 0 spiro atoms. The lowest BCUT2D eigenvalue weighted by Gasteiger charge is -2.40. The second-order valence-electron chi connectivity index (χ2n) is 6.43. The Morgan fingerprint density at radius 1 is 1.14 bits per heavy atom. The highest BCUT2D eigenvalue weighted by molar-refractivity contribution is 5.86. The lowest BCUT2D eigenvalue weighted by molar-refractivity contribution is -0.131. The van der Waals surface area contributed by atoms with Crippen molar-refractivity contribution >= 4 is 5.91 Å². The van der Waals surface area contributed by atoms with Crippen molar-refractivity contribution in [3.63, 3.8) is 0 Å². The van der Waals surface area contributed by atoms with Crippen molar-refractivity contribution in [3.8, 4) is 6.07 Å². The SMILES string of the molecule is N#CC1(C(=O)N[C@@H]2CC[C@@H]2c2ccccc2)CCCCC1. The Morgan fingerprint density at radius 3 is 2.43 bits per heavy atom. The minimum absolute atomic E-state index is 0.0321. The molecule has 2 fully saturated rings. The molecule has 0 saturated heterocycles. The first-order valence-electron chi connectivity index (χ1n) is 8.02. The minimum atomic E-state index is -0.769. The van der Waals surface area contributed by atoms with E-state index in [2.05, 4.69) is 23.5 Å². The van der Waals surface area contributed by atoms with Crippen LogP contribution in [0.4, 0.5) is 0 Å². The number of hydrogen-bond donors (Lipinski definition) is 1. The van der Waals surface area contributed by atoms with Crippen LogP contribution in [-0.4, -0.2) is 11.9 Å². The maximum Gasteiger partial charge on any atom is 0.240 e. The molecule has 2 saturated carbocycles. The van der Waals surface area contributed by atoms with Gasteiger partial charge in [-0.15, -0.1) is 0 Å². The van der Waals surface area contributed by atoms with Crippen molar-refractivity contribution in [2.75, 3.05) is 0 Å². The third-order valence-corrected chi connectivity index (χ3v) is 5.17. The van der Waals surface area contributed by atoms with E-state index < -0.39 is 5.41 Å². The highest BCUT2D eigenvalue weighted by Crippen LogP contribution is 2.40. The van der Waals surface area contributed by atoms with Crippen LogP contribution in [0.1, 0.15) is 56.4 Å². The third-order valence-electron chi connectivity index (χ3n) is 5.17. The molecule has 1 aromatic carbocycles. The van der Waals surface area contributed by atoms with Crippen LogP contribution >= 0.6 is 0 Å². The van der Waals surface area contributed by atoms with Crippen molar-refractivity contribution in [2.45, 2.75) is 56.9 Å². The maximum atomic E-state index is 12.6. The zero-order valence-corrected chi connectivity index (χ0v) is 12.3. The number of carbonyl (C=O) groups excluding carboxylic acids is 1. The van der Waals surface area contributed by atoms with Gasteiger partial charge in [0.1, 0.15) is 5.41 Å². The molecular weight excluding hydrogens is 260 g/mol. The lowest BCUT2D eigenvalue weighted by atomic mass is 9.72. The normalized spacial score (nSPS) is 27.2. The Hall–Kier alpha value is -1.82. The summed E-state index contributed by atoms with van der Waals surface area (Å²) < 4.78 is 0. The molecule has 3 heteroatoms. The predicted molar refractivity (Wildman–Crippen MR) is 81.5 cm³/mol. The second-order valence-corrected chi connectivity index (χ2v) is 6.43. The van der Waals surface area contributed by atoms with Crippen LogP contribution in [0, 0.1) is 16.7 Å². The van der Waals surface area contributed by atoms with Gasteiger partial charge in [0.25, 0.3) is 0 Å². The number of nitriles is 1. The molecule has 0 bridgehead atoms. The Morgan fingerprint density at radius 2 is 1.86 bits per heavy atom. The standard InChI is InChI=1S/C18H22N2O/c19-13-18(11-5-2-6-12-18)17(21)20-16-10-9-15(16)14-7-3-1-4-8-14/h1,3-4,7-8,15-16H,2,5-6,9-12H2,(H,20,21)/t15-,16-/m1/s1. The van der Waals surface area contributed by atoms with E-state index in [-0.39, 0.29) is 11.9 Å². The van der Waals surface area contributed by atoms with Crippen molar-refractivity contribution < 1.29 is 4.79 Å². The third kappa shape index (κ3) is 2.68. The van der Waals surface area contributed by atoms with Gasteiger partial charge in [-0.05, 0) is 31.2 Å². The summed E-state index contributed by atoms with van der Waals surface area (Å²) in [6.45, 7) is 0. The van der Waals surface area contributed by atoms with Gasteiger partial charge in [-0.3, -0.25) is 4.79 Å². The molecule has 0 heterocycles. The Kier molecular flexibility index (Phi) is 3.96. The highest BCUT2D eigenvalue weighted by atomic mass is 16.2. The summed E-state index contributed by atoms with van der Waals surface area (Å²) in [4.78, 5) is 12.6. The summed E-state index contributed by atoms with van der Waals surface area (Å²) in [6.07, 6.45) is 6.71. The number of nitrogens with zero attached hydrogens (tertiary/aromatic N) is 1. The molecule has 3 rings (SSSR count). The summed E-state index contributed by atoms with van der Waals surface area (Å²) in [5.41, 5.74) is 0.526. The van der Waals surface area contributed by atoms with Gasteiger partial charge in [0, 0.05) is 12.0 Å². The summed E-state index contributed by atoms with van der Waals surface area (Å²) in [7, 11) is 0. The van der Waals surface area contributed by atoms with Gasteiger partial charge in [-0.25, -0.2) is 0 Å². The summed E-state index contributed by atoms with van der Waals surface area (Å²) in [5.74, 6) is 0.379. The van der Waals surface area contributed by atoms with Gasteiger partial charge in [0.05, 0.1) is 6.07 Å². The summed E-state index contributed by atoms with van der Waals surface area (Å²) in [5, 5.41) is 12.7. The van der Waals surface area contributed by atoms with E-state index in [1.165, 1.54) is 5.56 Å². The van der Waals surface area contributed by atoms with Crippen molar-refractivity contribution in [2.24, 2.45) is 5.41 Å². The van der Waals surface area contributed by atoms with Gasteiger partial charge in [-0.2, -0.15) is 5.26 Å². The van der Waals surface area contributed by atoms with E-state index in [4.69, 9.17) is 0 Å². The molecule has 2 aliphatic carbocycles. The summed E-state index contributed by atoms with van der Waals surface area (Å²) in [6, 6.07) is 12.9. The van der Waals surface area contributed by atoms with Crippen molar-refractivity contribution in [3.05, 3.63) is 35.9 Å². The molecule has 3 nitrogen and oxygen atoms in total. The van der Waals surface area contributed by atoms with E-state index >= 15 is 0 Å². The molecular formula is C18H22N2O. The molecule has 1 amide bonds. The van der Waals surface area contributed by atoms with Crippen LogP contribution in [0.5, 0.6) is 0 Å². The first-order chi connectivity index (χ1) is 10.2. The number of hydrogen-bond acceptors (Lipinski definition) is 2. The number of benzene rings is 1. The fourth-order valence-corrected chi connectivity index (χ4v) is 3.62. The molecule has 2 atom stereocenters. The van der Waals surface area contributed by atoms with Crippen molar-refractivity contribution in [1.29, 1.82) is 5.26 Å². The fraction of sp³-hybridized carbons (Fsp3) is 0.556. The van der Waals surface area contributed by atoms with Crippen LogP contribution in [0.25, 0.3) is 0 Å². The van der Waals surface area contributed by atoms with E-state index in [1.807, 2.05) is 18.2 Å². The van der Waals surface area contributed by atoms with E-state index in [0.717, 1.165) is 44.9 Å². The zero-order valence-electron chi connectivity index (χ0n) is 12.3. The molecule has 0 unspecified atom stereocenters. The largest absolute Gasteiger partial charge is 0.351 e. The second kappa shape index (κ2) is 5.89. The van der Waals surface area contributed by atoms with E-state index in [9.17, 15) is 10.1 Å². The molecule has 110 valence electrons. The first kappa shape index (κ1) is 14.1. The van der Waals surface area contributed by atoms with E-state index in [1.54, 1.807) is 0 Å². The Labute approximate surface area is 126 Å². The van der Waals surface area contributed by atoms with Crippen LogP contribution < -0.4 is 5.32 Å². The summed E-state index contributed by atoms with van der Waals surface area (Å²) >= 11 is 0. The number of carbonyl (C=O) groups is 1. The first-order valence-corrected chi connectivity index (χ1v) is 8.02. The quantitative estimate of drug-likeness (QED) is 0.922. The monoisotopic (exact) mass is 282 g/mol. The number of amides is 1. The molecule has 2 aliphatic rings. The van der Waals surface area contributed by atoms with Gasteiger partial charge in [-0.1, -0.05) is 49.6 Å². The van der Waals surface area contributed by atoms with Crippen LogP contribution in [0.3, 0.4) is 0 Å². The van der Waals surface area contributed by atoms with Gasteiger partial charge in [0.2, 0.25) is 5.91 Å². The maximum absolute atomic E-state index is 12.6. The Balaban J connectivity index is 1.66. The van der Waals surface area contributed by atoms with Crippen LogP contribution in [0.15, 0.2) is 30.3 Å². The van der Waals surface area contributed by atoms with Crippen LogP contribution in [0.2, 0.25) is 0 Å². The molecule has 1 aromatic rings. The average Bonchev–Trinajstić information content (AvgIpc) is 2.53. The smallest absolute Gasteiger partial charge is 0.240 e.